The zero-order valence-electron chi connectivity index (χ0n) is 13.0. The summed E-state index contributed by atoms with van der Waals surface area (Å²) in [6, 6.07) is 14.6. The number of benzene rings is 2. The average Bonchev–Trinajstić information content (AvgIpc) is 2.60. The van der Waals surface area contributed by atoms with E-state index < -0.39 is 6.09 Å². The summed E-state index contributed by atoms with van der Waals surface area (Å²) < 4.78 is 9.70. The number of halogens is 1. The topological polar surface area (TPSA) is 76.7 Å². The quantitative estimate of drug-likeness (QED) is 0.509. The Morgan fingerprint density at radius 3 is 1.88 bits per heavy atom. The molecule has 0 atom stereocenters. The number of rotatable bonds is 6. The fourth-order valence-electron chi connectivity index (χ4n) is 1.89. The van der Waals surface area contributed by atoms with Gasteiger partial charge in [-0.1, -0.05) is 24.3 Å². The van der Waals surface area contributed by atoms with E-state index in [1.165, 1.54) is 0 Å². The van der Waals surface area contributed by atoms with Gasteiger partial charge in [0.05, 0.1) is 22.6 Å². The van der Waals surface area contributed by atoms with Crippen molar-refractivity contribution in [2.24, 2.45) is 0 Å². The third kappa shape index (κ3) is 6.07. The van der Waals surface area contributed by atoms with Crippen LogP contribution in [0.4, 0.5) is 21.0 Å². The highest BCUT2D eigenvalue weighted by atomic mass is 127. The Bertz CT molecular complexity index is 687. The fourth-order valence-corrected chi connectivity index (χ4v) is 2.05. The van der Waals surface area contributed by atoms with Gasteiger partial charge in [0.25, 0.3) is 0 Å². The van der Waals surface area contributed by atoms with Gasteiger partial charge in [-0.05, 0) is 35.4 Å². The van der Waals surface area contributed by atoms with Crippen molar-refractivity contribution in [1.82, 2.24) is 0 Å². The maximum atomic E-state index is 11.8. The zero-order chi connectivity index (χ0) is 17.4. The van der Waals surface area contributed by atoms with Crippen molar-refractivity contribution in [1.29, 1.82) is 0 Å². The van der Waals surface area contributed by atoms with Crippen molar-refractivity contribution in [3.05, 3.63) is 59.7 Å². The van der Waals surface area contributed by atoms with Gasteiger partial charge in [-0.2, -0.15) is 0 Å². The van der Waals surface area contributed by atoms with Crippen LogP contribution in [0.15, 0.2) is 48.5 Å². The van der Waals surface area contributed by atoms with Gasteiger partial charge in [-0.3, -0.25) is 5.32 Å². The normalized spacial score (nSPS) is 9.92. The van der Waals surface area contributed by atoms with Crippen LogP contribution in [0.5, 0.6) is 0 Å². The number of anilines is 2. The lowest BCUT2D eigenvalue weighted by Gasteiger charge is -2.08. The SMILES string of the molecule is CNc1ccc(COC(=O)Nc2ccc(COC(=O)I)cc2)cc1. The van der Waals surface area contributed by atoms with Crippen molar-refractivity contribution in [2.75, 3.05) is 17.7 Å². The largest absolute Gasteiger partial charge is 0.453 e. The number of carbonyl (C=O) groups is 2. The minimum absolute atomic E-state index is 0.194. The number of ether oxygens (including phenoxy) is 2. The Kier molecular flexibility index (Phi) is 6.86. The van der Waals surface area contributed by atoms with Crippen LogP contribution >= 0.6 is 22.6 Å². The summed E-state index contributed by atoms with van der Waals surface area (Å²) in [5.41, 5.74) is 3.34. The second kappa shape index (κ2) is 9.11. The van der Waals surface area contributed by atoms with Crippen LogP contribution in [-0.2, 0) is 22.7 Å². The van der Waals surface area contributed by atoms with Crippen molar-refractivity contribution >= 4 is 44.0 Å². The number of hydrogen-bond acceptors (Lipinski definition) is 5. The Hall–Kier alpha value is -2.29. The third-order valence-electron chi connectivity index (χ3n) is 3.17. The highest BCUT2D eigenvalue weighted by Gasteiger charge is 2.05. The van der Waals surface area contributed by atoms with E-state index >= 15 is 0 Å². The van der Waals surface area contributed by atoms with Gasteiger partial charge in [-0.15, -0.1) is 0 Å². The van der Waals surface area contributed by atoms with Gasteiger partial charge in [0.1, 0.15) is 13.2 Å². The molecule has 0 radical (unpaired) electrons. The monoisotopic (exact) mass is 440 g/mol. The van der Waals surface area contributed by atoms with Crippen LogP contribution in [-0.4, -0.2) is 17.1 Å². The second-order valence-electron chi connectivity index (χ2n) is 4.87. The molecule has 0 saturated carbocycles. The molecule has 2 aromatic carbocycles. The third-order valence-corrected chi connectivity index (χ3v) is 3.48. The van der Waals surface area contributed by atoms with Crippen LogP contribution in [0.2, 0.25) is 0 Å². The summed E-state index contributed by atoms with van der Waals surface area (Å²) in [5.74, 6) is 0. The molecule has 0 heterocycles. The van der Waals surface area contributed by atoms with Crippen molar-refractivity contribution in [3.8, 4) is 0 Å². The molecular weight excluding hydrogens is 423 g/mol. The van der Waals surface area contributed by atoms with Gasteiger partial charge in [-0.25, -0.2) is 9.59 Å². The molecule has 24 heavy (non-hydrogen) atoms. The maximum Gasteiger partial charge on any atom is 0.411 e. The van der Waals surface area contributed by atoms with Gasteiger partial charge >= 0.3 is 10.1 Å². The molecule has 0 unspecified atom stereocenters. The lowest BCUT2D eigenvalue weighted by molar-refractivity contribution is 0.155. The van der Waals surface area contributed by atoms with E-state index in [-0.39, 0.29) is 17.2 Å². The lowest BCUT2D eigenvalue weighted by atomic mass is 10.2. The summed E-state index contributed by atoms with van der Waals surface area (Å²) in [4.78, 5) is 22.5. The second-order valence-corrected chi connectivity index (χ2v) is 5.75. The first-order valence-electron chi connectivity index (χ1n) is 7.18. The molecule has 0 aliphatic carbocycles. The Morgan fingerprint density at radius 1 is 0.875 bits per heavy atom. The summed E-state index contributed by atoms with van der Waals surface area (Å²) >= 11 is 1.57. The number of nitrogens with one attached hydrogen (secondary N) is 2. The van der Waals surface area contributed by atoms with Gasteiger partial charge < -0.3 is 14.8 Å². The fraction of sp³-hybridized carbons (Fsp3) is 0.176. The summed E-state index contributed by atoms with van der Waals surface area (Å²) in [5, 5.41) is 5.67. The van der Waals surface area contributed by atoms with Gasteiger partial charge in [0.15, 0.2) is 0 Å². The van der Waals surface area contributed by atoms with E-state index in [4.69, 9.17) is 9.47 Å². The molecule has 2 N–H and O–H groups in total. The molecule has 2 aromatic rings. The average molecular weight is 440 g/mol. The lowest BCUT2D eigenvalue weighted by Crippen LogP contribution is -2.13. The van der Waals surface area contributed by atoms with E-state index in [2.05, 4.69) is 10.6 Å². The van der Waals surface area contributed by atoms with E-state index in [1.54, 1.807) is 46.9 Å². The standard InChI is InChI=1S/C17H17IN2O4/c1-19-14-6-2-13(3-7-14)11-24-17(22)20-15-8-4-12(5-9-15)10-23-16(18)21/h2-9,19H,10-11H2,1H3,(H,20,22). The van der Waals surface area contributed by atoms with Gasteiger partial charge in [0, 0.05) is 18.4 Å². The van der Waals surface area contributed by atoms with Crippen LogP contribution in [0, 0.1) is 0 Å². The van der Waals surface area contributed by atoms with E-state index in [9.17, 15) is 9.59 Å². The summed E-state index contributed by atoms with van der Waals surface area (Å²) in [7, 11) is 1.84. The molecule has 1 amide bonds. The molecule has 0 fully saturated rings. The van der Waals surface area contributed by atoms with Crippen molar-refractivity contribution < 1.29 is 19.1 Å². The van der Waals surface area contributed by atoms with Crippen molar-refractivity contribution in [3.63, 3.8) is 0 Å². The van der Waals surface area contributed by atoms with Crippen LogP contribution < -0.4 is 10.6 Å². The predicted molar refractivity (Wildman–Crippen MR) is 100 cm³/mol. The molecule has 126 valence electrons. The highest BCUT2D eigenvalue weighted by Crippen LogP contribution is 2.13. The molecule has 0 spiro atoms. The molecule has 6 nitrogen and oxygen atoms in total. The number of carbonyl (C=O) groups excluding carboxylic acids is 2. The Morgan fingerprint density at radius 2 is 1.38 bits per heavy atom. The number of hydrogen-bond donors (Lipinski definition) is 2. The summed E-state index contributed by atoms with van der Waals surface area (Å²) in [6.07, 6.45) is -0.529. The molecule has 0 bridgehead atoms. The zero-order valence-corrected chi connectivity index (χ0v) is 15.2. The Balaban J connectivity index is 1.79. The minimum Gasteiger partial charge on any atom is -0.453 e. The first-order valence-corrected chi connectivity index (χ1v) is 8.26. The molecule has 0 saturated heterocycles. The smallest absolute Gasteiger partial charge is 0.411 e. The van der Waals surface area contributed by atoms with Crippen LogP contribution in [0.3, 0.4) is 0 Å². The Labute approximate surface area is 153 Å². The highest BCUT2D eigenvalue weighted by molar-refractivity contribution is 14.1. The molecule has 0 aliphatic heterocycles. The van der Waals surface area contributed by atoms with E-state index in [1.807, 2.05) is 31.3 Å². The molecule has 7 heteroatoms. The molecule has 2 rings (SSSR count). The minimum atomic E-state index is -0.529. The molecule has 0 aliphatic rings. The summed E-state index contributed by atoms with van der Waals surface area (Å²) in [6.45, 7) is 0.397. The van der Waals surface area contributed by atoms with Crippen molar-refractivity contribution in [2.45, 2.75) is 13.2 Å². The van der Waals surface area contributed by atoms with Crippen LogP contribution in [0.25, 0.3) is 0 Å². The van der Waals surface area contributed by atoms with Crippen LogP contribution in [0.1, 0.15) is 11.1 Å². The first kappa shape index (κ1) is 18.1. The van der Waals surface area contributed by atoms with E-state index in [0.29, 0.717) is 5.69 Å². The van der Waals surface area contributed by atoms with E-state index in [0.717, 1.165) is 16.8 Å². The molecular formula is C17H17IN2O4. The van der Waals surface area contributed by atoms with Gasteiger partial charge in [0.2, 0.25) is 0 Å². The predicted octanol–water partition coefficient (Wildman–Crippen LogP) is 4.55. The number of amides is 1. The molecule has 0 aromatic heterocycles. The first-order chi connectivity index (χ1) is 11.6. The maximum absolute atomic E-state index is 11.8.